The average molecular weight is 239 g/mol. The molecule has 0 radical (unpaired) electrons. The predicted octanol–water partition coefficient (Wildman–Crippen LogP) is 2.60. The fourth-order valence-electron chi connectivity index (χ4n) is 1.62. The van der Waals surface area contributed by atoms with E-state index in [9.17, 15) is 4.79 Å². The minimum Gasteiger partial charge on any atom is -0.465 e. The molecule has 0 saturated carbocycles. The van der Waals surface area contributed by atoms with Crippen LogP contribution < -0.4 is 0 Å². The standard InChI is InChI=1S/C12H17NO2S/c1-8-5-9(2)11(12(14)15-3)6-10(8)7-16(4)13/h5-6,13H,7H2,1-4H3. The van der Waals surface area contributed by atoms with Gasteiger partial charge < -0.3 is 4.74 Å². The van der Waals surface area contributed by atoms with Crippen LogP contribution in [0.3, 0.4) is 0 Å². The molecule has 1 N–H and O–H groups in total. The van der Waals surface area contributed by atoms with E-state index >= 15 is 0 Å². The van der Waals surface area contributed by atoms with Crippen LogP contribution in [0.5, 0.6) is 0 Å². The van der Waals surface area contributed by atoms with Crippen molar-refractivity contribution in [2.45, 2.75) is 19.6 Å². The lowest BCUT2D eigenvalue weighted by Crippen LogP contribution is -2.06. The second-order valence-corrected chi connectivity index (χ2v) is 5.43. The van der Waals surface area contributed by atoms with Crippen molar-refractivity contribution in [2.75, 3.05) is 13.4 Å². The molecule has 0 aliphatic carbocycles. The number of esters is 1. The molecule has 1 unspecified atom stereocenters. The number of hydrogen-bond donors (Lipinski definition) is 1. The van der Waals surface area contributed by atoms with Crippen LogP contribution in [0.4, 0.5) is 0 Å². The third-order valence-electron chi connectivity index (χ3n) is 2.46. The van der Waals surface area contributed by atoms with Gasteiger partial charge in [0.15, 0.2) is 0 Å². The van der Waals surface area contributed by atoms with E-state index in [1.54, 1.807) is 0 Å². The first-order valence-corrected chi connectivity index (χ1v) is 6.78. The Morgan fingerprint density at radius 3 is 2.50 bits per heavy atom. The maximum absolute atomic E-state index is 11.5. The molecule has 0 aromatic heterocycles. The highest BCUT2D eigenvalue weighted by molar-refractivity contribution is 7.84. The molecule has 4 heteroatoms. The zero-order valence-electron chi connectivity index (χ0n) is 10.1. The van der Waals surface area contributed by atoms with Gasteiger partial charge in [-0.05, 0) is 42.9 Å². The number of ether oxygens (including phenoxy) is 1. The Balaban J connectivity index is 3.21. The molecule has 0 saturated heterocycles. The highest BCUT2D eigenvalue weighted by Crippen LogP contribution is 2.18. The van der Waals surface area contributed by atoms with E-state index in [0.29, 0.717) is 11.3 Å². The van der Waals surface area contributed by atoms with Crippen LogP contribution in [0.25, 0.3) is 0 Å². The van der Waals surface area contributed by atoms with E-state index in [1.807, 2.05) is 32.2 Å². The van der Waals surface area contributed by atoms with Gasteiger partial charge in [-0.3, -0.25) is 4.78 Å². The smallest absolute Gasteiger partial charge is 0.338 e. The molecule has 0 aliphatic rings. The number of methoxy groups -OCH3 is 1. The summed E-state index contributed by atoms with van der Waals surface area (Å²) >= 11 is 0. The molecule has 1 aromatic carbocycles. The van der Waals surface area contributed by atoms with Crippen LogP contribution in [0, 0.1) is 18.6 Å². The molecule has 1 rings (SSSR count). The predicted molar refractivity (Wildman–Crippen MR) is 67.0 cm³/mol. The molecule has 1 atom stereocenters. The van der Waals surface area contributed by atoms with Gasteiger partial charge in [0.1, 0.15) is 0 Å². The first-order valence-electron chi connectivity index (χ1n) is 4.98. The minimum absolute atomic E-state index is 0.306. The van der Waals surface area contributed by atoms with E-state index in [4.69, 9.17) is 9.52 Å². The summed E-state index contributed by atoms with van der Waals surface area (Å²) in [5.41, 5.74) is 3.73. The summed E-state index contributed by atoms with van der Waals surface area (Å²) in [4.78, 5) is 11.5. The number of rotatable bonds is 3. The van der Waals surface area contributed by atoms with Crippen molar-refractivity contribution < 1.29 is 9.53 Å². The molecule has 0 spiro atoms. The van der Waals surface area contributed by atoms with E-state index in [-0.39, 0.29) is 5.97 Å². The third-order valence-corrected chi connectivity index (χ3v) is 3.20. The summed E-state index contributed by atoms with van der Waals surface area (Å²) in [5, 5.41) is 0. The minimum atomic E-state index is -0.409. The first-order chi connectivity index (χ1) is 7.45. The molecule has 0 heterocycles. The van der Waals surface area contributed by atoms with Crippen molar-refractivity contribution >= 4 is 16.7 Å². The molecule has 0 amide bonds. The van der Waals surface area contributed by atoms with Gasteiger partial charge in [-0.25, -0.2) is 4.79 Å². The lowest BCUT2D eigenvalue weighted by molar-refractivity contribution is 0.0600. The molecule has 0 bridgehead atoms. The quantitative estimate of drug-likeness (QED) is 0.824. The van der Waals surface area contributed by atoms with Crippen molar-refractivity contribution in [2.24, 2.45) is 0 Å². The Hall–Kier alpha value is -1.16. The van der Waals surface area contributed by atoms with Crippen LogP contribution in [0.2, 0.25) is 0 Å². The Morgan fingerprint density at radius 1 is 1.38 bits per heavy atom. The Bertz CT molecular complexity index is 441. The van der Waals surface area contributed by atoms with Crippen LogP contribution in [-0.2, 0) is 21.2 Å². The average Bonchev–Trinajstić information content (AvgIpc) is 2.20. The van der Waals surface area contributed by atoms with Gasteiger partial charge in [-0.1, -0.05) is 6.07 Å². The molecule has 1 aromatic rings. The zero-order chi connectivity index (χ0) is 12.3. The number of aryl methyl sites for hydroxylation is 2. The topological polar surface area (TPSA) is 50.2 Å². The Labute approximate surface area is 98.7 Å². The van der Waals surface area contributed by atoms with E-state index < -0.39 is 10.7 Å². The summed E-state index contributed by atoms with van der Waals surface area (Å²) in [5.74, 6) is 0.385. The van der Waals surface area contributed by atoms with Crippen LogP contribution in [-0.4, -0.2) is 19.3 Å². The van der Waals surface area contributed by atoms with Crippen molar-refractivity contribution in [1.29, 1.82) is 4.78 Å². The Morgan fingerprint density at radius 2 is 2.00 bits per heavy atom. The van der Waals surface area contributed by atoms with E-state index in [1.165, 1.54) is 7.11 Å². The highest BCUT2D eigenvalue weighted by atomic mass is 32.2. The summed E-state index contributed by atoms with van der Waals surface area (Å²) in [7, 11) is 0.976. The second-order valence-electron chi connectivity index (χ2n) is 3.87. The van der Waals surface area contributed by atoms with Crippen LogP contribution in [0.1, 0.15) is 27.0 Å². The van der Waals surface area contributed by atoms with E-state index in [0.717, 1.165) is 16.7 Å². The normalized spacial score (nSPS) is 12.2. The fraction of sp³-hybridized carbons (Fsp3) is 0.417. The molecule has 3 nitrogen and oxygen atoms in total. The van der Waals surface area contributed by atoms with Gasteiger partial charge in [-0.15, -0.1) is 10.7 Å². The summed E-state index contributed by atoms with van der Waals surface area (Å²) < 4.78 is 12.3. The van der Waals surface area contributed by atoms with E-state index in [2.05, 4.69) is 0 Å². The van der Waals surface area contributed by atoms with Gasteiger partial charge in [0.2, 0.25) is 0 Å². The molecule has 16 heavy (non-hydrogen) atoms. The number of benzene rings is 1. The highest BCUT2D eigenvalue weighted by Gasteiger charge is 2.12. The maximum atomic E-state index is 11.5. The monoisotopic (exact) mass is 239 g/mol. The van der Waals surface area contributed by atoms with Crippen LogP contribution in [0.15, 0.2) is 12.1 Å². The van der Waals surface area contributed by atoms with Gasteiger partial charge in [-0.2, -0.15) is 0 Å². The third kappa shape index (κ3) is 2.92. The first kappa shape index (κ1) is 12.9. The SMILES string of the molecule is COC(=O)c1cc(CS(C)=N)c(C)cc1C. The maximum Gasteiger partial charge on any atom is 0.338 e. The fourth-order valence-corrected chi connectivity index (χ4v) is 2.39. The summed E-state index contributed by atoms with van der Waals surface area (Å²) in [6.07, 6.45) is 1.87. The number of nitrogens with one attached hydrogen (secondary N) is 1. The van der Waals surface area contributed by atoms with Crippen LogP contribution >= 0.6 is 0 Å². The zero-order valence-corrected chi connectivity index (χ0v) is 10.9. The van der Waals surface area contributed by atoms with Crippen molar-refractivity contribution in [3.8, 4) is 0 Å². The molecule has 0 fully saturated rings. The number of carbonyl (C=O) groups excluding carboxylic acids is 1. The van der Waals surface area contributed by atoms with Crippen molar-refractivity contribution in [1.82, 2.24) is 0 Å². The molecular formula is C12H17NO2S. The van der Waals surface area contributed by atoms with Gasteiger partial charge in [0, 0.05) is 5.75 Å². The lowest BCUT2D eigenvalue weighted by Gasteiger charge is -2.10. The largest absolute Gasteiger partial charge is 0.465 e. The van der Waals surface area contributed by atoms with Gasteiger partial charge >= 0.3 is 5.97 Å². The summed E-state index contributed by atoms with van der Waals surface area (Å²) in [6.45, 7) is 3.91. The lowest BCUT2D eigenvalue weighted by atomic mass is 10.0. The van der Waals surface area contributed by atoms with Crippen molar-refractivity contribution in [3.05, 3.63) is 34.4 Å². The molecule has 0 aliphatic heterocycles. The molecule has 88 valence electrons. The second kappa shape index (κ2) is 5.25. The Kier molecular flexibility index (Phi) is 4.24. The van der Waals surface area contributed by atoms with Crippen molar-refractivity contribution in [3.63, 3.8) is 0 Å². The number of hydrogen-bond acceptors (Lipinski definition) is 3. The molecular weight excluding hydrogens is 222 g/mol. The van der Waals surface area contributed by atoms with Gasteiger partial charge in [0.05, 0.1) is 12.7 Å². The summed E-state index contributed by atoms with van der Waals surface area (Å²) in [6, 6.07) is 3.84. The van der Waals surface area contributed by atoms with Gasteiger partial charge in [0.25, 0.3) is 0 Å². The number of carbonyl (C=O) groups is 1.